The Kier molecular flexibility index (Phi) is 8.08. The number of carbonyl (C=O) groups excluding carboxylic acids is 1. The Morgan fingerprint density at radius 1 is 1.15 bits per heavy atom. The van der Waals surface area contributed by atoms with Gasteiger partial charge in [-0.1, -0.05) is 34.1 Å². The smallest absolute Gasteiger partial charge is 0.307 e. The number of fused-ring (bicyclic) bond motifs is 1. The van der Waals surface area contributed by atoms with Crippen LogP contribution in [0.1, 0.15) is 27.2 Å². The highest BCUT2D eigenvalue weighted by atomic mass is 127. The van der Waals surface area contributed by atoms with Crippen molar-refractivity contribution in [1.29, 1.82) is 5.26 Å². The second-order valence-electron chi connectivity index (χ2n) is 6.99. The van der Waals surface area contributed by atoms with Crippen LogP contribution in [-0.4, -0.2) is 12.1 Å². The fraction of sp³-hybridized carbons (Fsp3) is 0.0417. The molecule has 170 valence electrons. The number of nitrogens with zero attached hydrogens (tertiary/aromatic N) is 2. The highest BCUT2D eigenvalue weighted by Gasteiger charge is 2.14. The lowest BCUT2D eigenvalue weighted by Gasteiger charge is -2.12. The number of hydrazone groups is 1. The van der Waals surface area contributed by atoms with Gasteiger partial charge in [0, 0.05) is 15.4 Å². The first kappa shape index (κ1) is 24.9. The van der Waals surface area contributed by atoms with E-state index in [1.54, 1.807) is 12.1 Å². The zero-order valence-corrected chi connectivity index (χ0v) is 24.0. The summed E-state index contributed by atoms with van der Waals surface area (Å²) >= 11 is 12.6. The van der Waals surface area contributed by atoms with Gasteiger partial charge in [0.25, 0.3) is 0 Å². The van der Waals surface area contributed by atoms with Crippen molar-refractivity contribution >= 4 is 93.5 Å². The SMILES string of the molecule is N#Cc1ccccc1COc1c(Br)cc(/C=N\NC(=O)c2cc3cc(Br)cc(I)c3o2)cc1Br. The molecule has 4 aromatic rings. The lowest BCUT2D eigenvalue weighted by Crippen LogP contribution is -2.16. The highest BCUT2D eigenvalue weighted by Crippen LogP contribution is 2.35. The molecule has 4 rings (SSSR count). The number of furan rings is 1. The number of benzene rings is 3. The Morgan fingerprint density at radius 2 is 1.88 bits per heavy atom. The number of nitriles is 1. The summed E-state index contributed by atoms with van der Waals surface area (Å²) in [4.78, 5) is 12.5. The van der Waals surface area contributed by atoms with Gasteiger partial charge in [-0.15, -0.1) is 0 Å². The lowest BCUT2D eigenvalue weighted by atomic mass is 10.1. The van der Waals surface area contributed by atoms with Gasteiger partial charge in [-0.3, -0.25) is 4.79 Å². The maximum Gasteiger partial charge on any atom is 0.307 e. The van der Waals surface area contributed by atoms with Crippen LogP contribution >= 0.6 is 70.4 Å². The van der Waals surface area contributed by atoms with Crippen molar-refractivity contribution in [2.45, 2.75) is 6.61 Å². The van der Waals surface area contributed by atoms with E-state index < -0.39 is 5.91 Å². The van der Waals surface area contributed by atoms with Crippen molar-refractivity contribution in [3.8, 4) is 11.8 Å². The molecule has 0 aliphatic heterocycles. The molecule has 0 saturated carbocycles. The van der Waals surface area contributed by atoms with Crippen molar-refractivity contribution < 1.29 is 13.9 Å². The number of amides is 1. The van der Waals surface area contributed by atoms with Gasteiger partial charge in [0.2, 0.25) is 0 Å². The average molecular weight is 758 g/mol. The standard InChI is InChI=1S/C24H13Br3IN3O3/c25-17-7-16-8-21(34-22(16)20(28)9-17)24(32)31-30-11-13-5-18(26)23(19(27)6-13)33-12-15-4-2-1-3-14(15)10-29/h1-9,11H,12H2,(H,31,32)/b30-11-. The molecule has 0 saturated heterocycles. The van der Waals surface area contributed by atoms with E-state index in [0.29, 0.717) is 25.8 Å². The molecule has 10 heteroatoms. The molecule has 0 spiro atoms. The molecule has 0 unspecified atom stereocenters. The molecule has 0 fully saturated rings. The number of carbonyl (C=O) groups is 1. The van der Waals surface area contributed by atoms with Crippen molar-refractivity contribution in [3.63, 3.8) is 0 Å². The molecule has 0 aliphatic rings. The van der Waals surface area contributed by atoms with Crippen molar-refractivity contribution in [2.24, 2.45) is 5.10 Å². The van der Waals surface area contributed by atoms with Gasteiger partial charge >= 0.3 is 5.91 Å². The van der Waals surface area contributed by atoms with Crippen LogP contribution in [0.2, 0.25) is 0 Å². The van der Waals surface area contributed by atoms with Crippen LogP contribution in [0.25, 0.3) is 11.0 Å². The lowest BCUT2D eigenvalue weighted by molar-refractivity contribution is 0.0929. The van der Waals surface area contributed by atoms with E-state index in [2.05, 4.69) is 87.0 Å². The third-order valence-electron chi connectivity index (χ3n) is 4.67. The van der Waals surface area contributed by atoms with E-state index in [4.69, 9.17) is 9.15 Å². The maximum absolute atomic E-state index is 12.5. The fourth-order valence-electron chi connectivity index (χ4n) is 3.11. The van der Waals surface area contributed by atoms with Crippen molar-refractivity contribution in [3.05, 3.63) is 94.0 Å². The van der Waals surface area contributed by atoms with Crippen LogP contribution in [0.15, 0.2) is 77.5 Å². The monoisotopic (exact) mass is 755 g/mol. The Morgan fingerprint density at radius 3 is 2.62 bits per heavy atom. The summed E-state index contributed by atoms with van der Waals surface area (Å²) in [6, 6.07) is 18.5. The summed E-state index contributed by atoms with van der Waals surface area (Å²) in [7, 11) is 0. The van der Waals surface area contributed by atoms with Gasteiger partial charge in [0.1, 0.15) is 17.9 Å². The number of hydrogen-bond donors (Lipinski definition) is 1. The van der Waals surface area contributed by atoms with Gasteiger partial charge < -0.3 is 9.15 Å². The quantitative estimate of drug-likeness (QED) is 0.125. The third kappa shape index (κ3) is 5.71. The molecule has 0 radical (unpaired) electrons. The second kappa shape index (κ2) is 11.0. The van der Waals surface area contributed by atoms with E-state index in [-0.39, 0.29) is 12.4 Å². The van der Waals surface area contributed by atoms with Crippen LogP contribution in [0.4, 0.5) is 0 Å². The fourth-order valence-corrected chi connectivity index (χ4v) is 6.22. The van der Waals surface area contributed by atoms with Gasteiger partial charge in [-0.2, -0.15) is 10.4 Å². The summed E-state index contributed by atoms with van der Waals surface area (Å²) < 4.78 is 14.8. The number of ether oxygens (including phenoxy) is 1. The number of nitrogens with one attached hydrogen (secondary N) is 1. The predicted octanol–water partition coefficient (Wildman–Crippen LogP) is 7.54. The first-order chi connectivity index (χ1) is 16.4. The van der Waals surface area contributed by atoms with Gasteiger partial charge in [-0.25, -0.2) is 5.43 Å². The first-order valence-corrected chi connectivity index (χ1v) is 13.1. The third-order valence-corrected chi connectivity index (χ3v) is 7.11. The average Bonchev–Trinajstić information content (AvgIpc) is 3.23. The van der Waals surface area contributed by atoms with E-state index in [0.717, 1.165) is 24.6 Å². The Hall–Kier alpha value is -2.20. The molecular formula is C24H13Br3IN3O3. The van der Waals surface area contributed by atoms with Crippen LogP contribution < -0.4 is 10.2 Å². The summed E-state index contributed by atoms with van der Waals surface area (Å²) in [5, 5.41) is 14.1. The normalized spacial score (nSPS) is 11.0. The zero-order chi connectivity index (χ0) is 24.2. The number of halogens is 4. The van der Waals surface area contributed by atoms with Crippen LogP contribution in [-0.2, 0) is 6.61 Å². The molecule has 1 heterocycles. The Balaban J connectivity index is 1.44. The van der Waals surface area contributed by atoms with Crippen molar-refractivity contribution in [1.82, 2.24) is 5.43 Å². The van der Waals surface area contributed by atoms with E-state index in [1.165, 1.54) is 6.21 Å². The molecule has 0 aliphatic carbocycles. The Bertz CT molecular complexity index is 1450. The molecule has 0 bridgehead atoms. The van der Waals surface area contributed by atoms with Gasteiger partial charge in [0.05, 0.1) is 30.4 Å². The first-order valence-electron chi connectivity index (χ1n) is 9.67. The topological polar surface area (TPSA) is 87.6 Å². The molecular weight excluding hydrogens is 745 g/mol. The number of rotatable bonds is 6. The molecule has 0 atom stereocenters. The molecule has 1 aromatic heterocycles. The van der Waals surface area contributed by atoms with Gasteiger partial charge in [-0.05, 0) is 96.4 Å². The minimum Gasteiger partial charge on any atom is -0.486 e. The summed E-state index contributed by atoms with van der Waals surface area (Å²) in [5.41, 5.74) is 5.23. The van der Waals surface area contributed by atoms with Crippen LogP contribution in [0.5, 0.6) is 5.75 Å². The summed E-state index contributed by atoms with van der Waals surface area (Å²) in [6.07, 6.45) is 1.52. The van der Waals surface area contributed by atoms with Crippen LogP contribution in [0.3, 0.4) is 0 Å². The molecule has 1 amide bonds. The van der Waals surface area contributed by atoms with Crippen LogP contribution in [0, 0.1) is 14.9 Å². The summed E-state index contributed by atoms with van der Waals surface area (Å²) in [6.45, 7) is 0.247. The number of hydrogen-bond acceptors (Lipinski definition) is 5. The second-order valence-corrected chi connectivity index (χ2v) is 10.8. The minimum atomic E-state index is -0.450. The Labute approximate surface area is 233 Å². The predicted molar refractivity (Wildman–Crippen MR) is 149 cm³/mol. The van der Waals surface area contributed by atoms with Gasteiger partial charge in [0.15, 0.2) is 5.76 Å². The largest absolute Gasteiger partial charge is 0.486 e. The molecule has 3 aromatic carbocycles. The molecule has 34 heavy (non-hydrogen) atoms. The molecule has 1 N–H and O–H groups in total. The summed E-state index contributed by atoms with van der Waals surface area (Å²) in [5.74, 6) is 0.317. The zero-order valence-electron chi connectivity index (χ0n) is 17.1. The van der Waals surface area contributed by atoms with E-state index in [9.17, 15) is 10.1 Å². The maximum atomic E-state index is 12.5. The van der Waals surface area contributed by atoms with E-state index >= 15 is 0 Å². The van der Waals surface area contributed by atoms with E-state index in [1.807, 2.05) is 42.5 Å². The molecule has 6 nitrogen and oxygen atoms in total. The van der Waals surface area contributed by atoms with Crippen molar-refractivity contribution in [2.75, 3.05) is 0 Å². The minimum absolute atomic E-state index is 0.173. The highest BCUT2D eigenvalue weighted by molar-refractivity contribution is 14.1.